The minimum absolute atomic E-state index is 0.0694. The van der Waals surface area contributed by atoms with Crippen LogP contribution in [0, 0.1) is 6.92 Å². The lowest BCUT2D eigenvalue weighted by Crippen LogP contribution is -2.32. The second-order valence-electron chi connectivity index (χ2n) is 7.80. The molecule has 3 aromatic rings. The summed E-state index contributed by atoms with van der Waals surface area (Å²) >= 11 is 0. The Bertz CT molecular complexity index is 1100. The van der Waals surface area contributed by atoms with Crippen molar-refractivity contribution in [2.24, 2.45) is 0 Å². The quantitative estimate of drug-likeness (QED) is 0.611. The first-order valence-corrected chi connectivity index (χ1v) is 9.74. The summed E-state index contributed by atoms with van der Waals surface area (Å²) in [6.07, 6.45) is 0. The van der Waals surface area contributed by atoms with Gasteiger partial charge in [0.1, 0.15) is 11.8 Å². The molecule has 1 atom stereocenters. The Morgan fingerprint density at radius 1 is 1.00 bits per heavy atom. The number of phenolic OH excluding ortho intramolecular Hbond substituents is 1. The summed E-state index contributed by atoms with van der Waals surface area (Å²) in [6, 6.07) is 19.0. The highest BCUT2D eigenvalue weighted by atomic mass is 16.3. The minimum atomic E-state index is -0.810. The van der Waals surface area contributed by atoms with Crippen molar-refractivity contribution >= 4 is 17.4 Å². The number of ketones is 1. The van der Waals surface area contributed by atoms with Gasteiger partial charge in [-0.2, -0.15) is 0 Å². The van der Waals surface area contributed by atoms with E-state index in [1.54, 1.807) is 24.3 Å². The Hall–Kier alpha value is -3.40. The fourth-order valence-electron chi connectivity index (χ4n) is 3.80. The van der Waals surface area contributed by atoms with Crippen LogP contribution < -0.4 is 4.90 Å². The Kier molecular flexibility index (Phi) is 4.71. The Balaban J connectivity index is 1.86. The van der Waals surface area contributed by atoms with Gasteiger partial charge < -0.3 is 5.11 Å². The summed E-state index contributed by atoms with van der Waals surface area (Å²) in [5.74, 6) is -0.348. The molecule has 1 amide bonds. The average molecular weight is 385 g/mol. The van der Waals surface area contributed by atoms with Crippen LogP contribution in [0.3, 0.4) is 0 Å². The molecule has 0 aliphatic carbocycles. The van der Waals surface area contributed by atoms with E-state index < -0.39 is 6.04 Å². The van der Waals surface area contributed by atoms with E-state index in [0.29, 0.717) is 16.8 Å². The molecular weight excluding hydrogens is 362 g/mol. The number of aromatic hydroxyl groups is 1. The molecule has 4 nitrogen and oxygen atoms in total. The van der Waals surface area contributed by atoms with Crippen molar-refractivity contribution in [2.75, 3.05) is 4.90 Å². The number of fused-ring (bicyclic) bond motifs is 1. The number of amides is 1. The lowest BCUT2D eigenvalue weighted by Gasteiger charge is -2.25. The van der Waals surface area contributed by atoms with Gasteiger partial charge in [-0.05, 0) is 54.3 Å². The second-order valence-corrected chi connectivity index (χ2v) is 7.80. The third-order valence-corrected chi connectivity index (χ3v) is 5.48. The van der Waals surface area contributed by atoms with Crippen LogP contribution in [-0.4, -0.2) is 16.8 Å². The second kappa shape index (κ2) is 7.21. The van der Waals surface area contributed by atoms with Gasteiger partial charge in [0.2, 0.25) is 0 Å². The van der Waals surface area contributed by atoms with Crippen LogP contribution in [0.1, 0.15) is 63.2 Å². The van der Waals surface area contributed by atoms with E-state index in [4.69, 9.17) is 0 Å². The maximum Gasteiger partial charge on any atom is 0.259 e. The van der Waals surface area contributed by atoms with Crippen LogP contribution in [0.4, 0.5) is 5.69 Å². The molecule has 0 radical (unpaired) electrons. The van der Waals surface area contributed by atoms with E-state index in [9.17, 15) is 14.7 Å². The molecule has 0 aromatic heterocycles. The van der Waals surface area contributed by atoms with Crippen LogP contribution in [0.15, 0.2) is 66.7 Å². The van der Waals surface area contributed by atoms with Gasteiger partial charge in [0, 0.05) is 11.3 Å². The number of rotatable bonds is 4. The largest absolute Gasteiger partial charge is 0.507 e. The third-order valence-electron chi connectivity index (χ3n) is 5.48. The van der Waals surface area contributed by atoms with Crippen LogP contribution in [0.2, 0.25) is 0 Å². The number of hydrogen-bond donors (Lipinski definition) is 1. The molecule has 146 valence electrons. The fourth-order valence-corrected chi connectivity index (χ4v) is 3.80. The number of aryl methyl sites for hydroxylation is 1. The number of nitrogens with zero attached hydrogens (tertiary/aromatic N) is 1. The van der Waals surface area contributed by atoms with Crippen LogP contribution in [-0.2, 0) is 0 Å². The number of carbonyl (C=O) groups is 2. The zero-order valence-electron chi connectivity index (χ0n) is 16.7. The van der Waals surface area contributed by atoms with Gasteiger partial charge in [-0.15, -0.1) is 0 Å². The van der Waals surface area contributed by atoms with Crippen molar-refractivity contribution in [1.29, 1.82) is 0 Å². The topological polar surface area (TPSA) is 57.6 Å². The molecule has 0 unspecified atom stereocenters. The molecule has 0 fully saturated rings. The first-order valence-electron chi connectivity index (χ1n) is 9.74. The summed E-state index contributed by atoms with van der Waals surface area (Å²) in [5.41, 5.74) is 4.12. The SMILES string of the molecule is Cc1ccc(N2C(=O)c3ccccc3[C@@H]2C(=O)c2cc(C(C)C)ccc2O)cc1. The standard InChI is InChI=1S/C25H23NO3/c1-15(2)17-10-13-22(27)21(14-17)24(28)23-19-6-4-5-7-20(19)25(29)26(23)18-11-8-16(3)9-12-18/h4-15,23,27H,1-3H3/t23-/m1/s1. The molecule has 1 heterocycles. The summed E-state index contributed by atoms with van der Waals surface area (Å²) in [7, 11) is 0. The van der Waals surface area contributed by atoms with Crippen molar-refractivity contribution in [1.82, 2.24) is 0 Å². The van der Waals surface area contributed by atoms with Crippen molar-refractivity contribution in [3.63, 3.8) is 0 Å². The Labute approximate surface area is 170 Å². The zero-order chi connectivity index (χ0) is 20.7. The summed E-state index contributed by atoms with van der Waals surface area (Å²) in [4.78, 5) is 28.4. The van der Waals surface area contributed by atoms with Crippen LogP contribution >= 0.6 is 0 Å². The maximum atomic E-state index is 13.6. The van der Waals surface area contributed by atoms with E-state index in [2.05, 4.69) is 0 Å². The number of Topliss-reactive ketones (excluding diaryl/α,β-unsaturated/α-hetero) is 1. The van der Waals surface area contributed by atoms with Crippen LogP contribution in [0.5, 0.6) is 5.75 Å². The lowest BCUT2D eigenvalue weighted by molar-refractivity contribution is 0.0914. The molecule has 3 aromatic carbocycles. The molecule has 1 aliphatic heterocycles. The van der Waals surface area contributed by atoms with E-state index in [1.807, 2.05) is 63.2 Å². The Morgan fingerprint density at radius 2 is 1.69 bits per heavy atom. The van der Waals surface area contributed by atoms with Crippen LogP contribution in [0.25, 0.3) is 0 Å². The van der Waals surface area contributed by atoms with Gasteiger partial charge in [0.25, 0.3) is 5.91 Å². The predicted molar refractivity (Wildman–Crippen MR) is 114 cm³/mol. The molecule has 29 heavy (non-hydrogen) atoms. The molecule has 0 saturated heterocycles. The number of hydrogen-bond acceptors (Lipinski definition) is 3. The summed E-state index contributed by atoms with van der Waals surface area (Å²) in [5, 5.41) is 10.4. The first-order chi connectivity index (χ1) is 13.9. The predicted octanol–water partition coefficient (Wildman–Crippen LogP) is 5.41. The minimum Gasteiger partial charge on any atom is -0.507 e. The normalized spacial score (nSPS) is 15.7. The number of phenols is 1. The van der Waals surface area contributed by atoms with Gasteiger partial charge in [-0.25, -0.2) is 0 Å². The molecule has 1 N–H and O–H groups in total. The lowest BCUT2D eigenvalue weighted by atomic mass is 9.93. The van der Waals surface area contributed by atoms with Gasteiger partial charge in [-0.1, -0.05) is 55.8 Å². The number of carbonyl (C=O) groups excluding carboxylic acids is 2. The van der Waals surface area contributed by atoms with Crippen molar-refractivity contribution < 1.29 is 14.7 Å². The van der Waals surface area contributed by atoms with Crippen molar-refractivity contribution in [3.05, 3.63) is 94.5 Å². The van der Waals surface area contributed by atoms with Gasteiger partial charge in [0.15, 0.2) is 5.78 Å². The number of anilines is 1. The molecule has 0 bridgehead atoms. The molecular formula is C25H23NO3. The summed E-state index contributed by atoms with van der Waals surface area (Å²) in [6.45, 7) is 6.05. The van der Waals surface area contributed by atoms with E-state index in [1.165, 1.54) is 4.90 Å². The number of benzene rings is 3. The highest BCUT2D eigenvalue weighted by Crippen LogP contribution is 2.40. The van der Waals surface area contributed by atoms with Gasteiger partial charge in [-0.3, -0.25) is 14.5 Å². The molecule has 4 rings (SSSR count). The van der Waals surface area contributed by atoms with Crippen molar-refractivity contribution in [2.45, 2.75) is 32.7 Å². The molecule has 4 heteroatoms. The fraction of sp³-hybridized carbons (Fsp3) is 0.200. The molecule has 0 saturated carbocycles. The average Bonchev–Trinajstić information content (AvgIpc) is 3.01. The highest BCUT2D eigenvalue weighted by molar-refractivity contribution is 6.19. The first kappa shape index (κ1) is 18.9. The molecule has 1 aliphatic rings. The molecule has 0 spiro atoms. The van der Waals surface area contributed by atoms with E-state index >= 15 is 0 Å². The zero-order valence-corrected chi connectivity index (χ0v) is 16.7. The highest BCUT2D eigenvalue weighted by Gasteiger charge is 2.42. The third kappa shape index (κ3) is 3.21. The van der Waals surface area contributed by atoms with E-state index in [-0.39, 0.29) is 28.9 Å². The smallest absolute Gasteiger partial charge is 0.259 e. The van der Waals surface area contributed by atoms with Gasteiger partial charge >= 0.3 is 0 Å². The maximum absolute atomic E-state index is 13.6. The van der Waals surface area contributed by atoms with E-state index in [0.717, 1.165) is 11.1 Å². The van der Waals surface area contributed by atoms with Gasteiger partial charge in [0.05, 0.1) is 5.56 Å². The Morgan fingerprint density at radius 3 is 2.38 bits per heavy atom. The summed E-state index contributed by atoms with van der Waals surface area (Å²) < 4.78 is 0. The van der Waals surface area contributed by atoms with Crippen molar-refractivity contribution in [3.8, 4) is 5.75 Å². The monoisotopic (exact) mass is 385 g/mol.